The average molecular weight is 355 g/mol. The van der Waals surface area contributed by atoms with Gasteiger partial charge in [-0.15, -0.1) is 11.3 Å². The molecule has 0 spiro atoms. The number of furan rings is 1. The van der Waals surface area contributed by atoms with Crippen LogP contribution in [0.5, 0.6) is 0 Å². The summed E-state index contributed by atoms with van der Waals surface area (Å²) >= 11 is 7.40. The highest BCUT2D eigenvalue weighted by Crippen LogP contribution is 2.42. The van der Waals surface area contributed by atoms with Gasteiger partial charge in [0.2, 0.25) is 0 Å². The van der Waals surface area contributed by atoms with E-state index in [9.17, 15) is 0 Å². The Morgan fingerprint density at radius 3 is 2.88 bits per heavy atom. The summed E-state index contributed by atoms with van der Waals surface area (Å²) in [6.45, 7) is 2.79. The highest BCUT2D eigenvalue weighted by atomic mass is 32.1. The monoisotopic (exact) mass is 355 g/mol. The Morgan fingerprint density at radius 1 is 1.29 bits per heavy atom. The number of nitrogens with one attached hydrogen (secondary N) is 1. The van der Waals surface area contributed by atoms with Crippen molar-refractivity contribution >= 4 is 28.7 Å². The Hall–Kier alpha value is -2.18. The van der Waals surface area contributed by atoms with Gasteiger partial charge in [0, 0.05) is 11.1 Å². The Balaban J connectivity index is 1.75. The van der Waals surface area contributed by atoms with Crippen molar-refractivity contribution < 1.29 is 4.42 Å². The second-order valence-electron chi connectivity index (χ2n) is 5.80. The van der Waals surface area contributed by atoms with E-state index in [2.05, 4.69) is 33.6 Å². The lowest BCUT2D eigenvalue weighted by Crippen LogP contribution is -2.28. The number of pyridine rings is 1. The van der Waals surface area contributed by atoms with Gasteiger partial charge in [-0.1, -0.05) is 6.07 Å². The Morgan fingerprint density at radius 2 is 2.21 bits per heavy atom. The molecule has 0 saturated carbocycles. The first-order valence-corrected chi connectivity index (χ1v) is 9.07. The van der Waals surface area contributed by atoms with Gasteiger partial charge in [0.25, 0.3) is 0 Å². The lowest BCUT2D eigenvalue weighted by atomic mass is 10.0. The zero-order valence-corrected chi connectivity index (χ0v) is 14.8. The molecule has 122 valence electrons. The first-order chi connectivity index (χ1) is 11.7. The molecule has 0 radical (unpaired) electrons. The van der Waals surface area contributed by atoms with Gasteiger partial charge in [0.05, 0.1) is 30.6 Å². The van der Waals surface area contributed by atoms with Crippen LogP contribution in [0, 0.1) is 6.92 Å². The summed E-state index contributed by atoms with van der Waals surface area (Å²) in [6, 6.07) is 12.2. The van der Waals surface area contributed by atoms with Crippen LogP contribution in [-0.4, -0.2) is 15.0 Å². The molecular weight excluding hydrogens is 338 g/mol. The summed E-state index contributed by atoms with van der Waals surface area (Å²) in [7, 11) is 0. The van der Waals surface area contributed by atoms with Crippen molar-refractivity contribution in [2.75, 3.05) is 0 Å². The molecule has 1 aliphatic rings. The Kier molecular flexibility index (Phi) is 4.08. The molecule has 2 unspecified atom stereocenters. The molecule has 1 fully saturated rings. The van der Waals surface area contributed by atoms with Crippen LogP contribution in [0.1, 0.15) is 34.0 Å². The van der Waals surface area contributed by atoms with Crippen LogP contribution in [0.2, 0.25) is 0 Å². The molecule has 3 aromatic heterocycles. The van der Waals surface area contributed by atoms with E-state index in [1.165, 1.54) is 10.4 Å². The first-order valence-electron chi connectivity index (χ1n) is 7.78. The SMILES string of the molecule is Cc1ccsc1C1C(c2ccccn2)NC(=S)N1Cc1ccco1. The van der Waals surface area contributed by atoms with Crippen LogP contribution in [0.15, 0.2) is 58.7 Å². The molecule has 3 aromatic rings. The second kappa shape index (κ2) is 6.37. The predicted molar refractivity (Wildman–Crippen MR) is 98.8 cm³/mol. The molecule has 24 heavy (non-hydrogen) atoms. The van der Waals surface area contributed by atoms with Gasteiger partial charge < -0.3 is 14.6 Å². The minimum absolute atomic E-state index is 0.0333. The van der Waals surface area contributed by atoms with E-state index >= 15 is 0 Å². The van der Waals surface area contributed by atoms with Crippen molar-refractivity contribution in [1.82, 2.24) is 15.2 Å². The van der Waals surface area contributed by atoms with Crippen LogP contribution in [-0.2, 0) is 6.54 Å². The summed E-state index contributed by atoms with van der Waals surface area (Å²) in [5, 5.41) is 6.33. The summed E-state index contributed by atoms with van der Waals surface area (Å²) in [4.78, 5) is 8.06. The van der Waals surface area contributed by atoms with Crippen molar-refractivity contribution in [2.45, 2.75) is 25.6 Å². The predicted octanol–water partition coefficient (Wildman–Crippen LogP) is 4.22. The van der Waals surface area contributed by atoms with Crippen molar-refractivity contribution in [3.8, 4) is 0 Å². The van der Waals surface area contributed by atoms with E-state index in [-0.39, 0.29) is 12.1 Å². The van der Waals surface area contributed by atoms with Gasteiger partial charge in [-0.3, -0.25) is 4.98 Å². The molecule has 6 heteroatoms. The molecule has 1 N–H and O–H groups in total. The van der Waals surface area contributed by atoms with E-state index in [1.807, 2.05) is 36.5 Å². The Labute approximate surface area is 150 Å². The maximum atomic E-state index is 5.63. The van der Waals surface area contributed by atoms with E-state index in [4.69, 9.17) is 16.6 Å². The van der Waals surface area contributed by atoms with Gasteiger partial charge in [-0.2, -0.15) is 0 Å². The summed E-state index contributed by atoms with van der Waals surface area (Å²) in [5.74, 6) is 0.903. The minimum atomic E-state index is 0.0333. The fraction of sp³-hybridized carbons (Fsp3) is 0.222. The minimum Gasteiger partial charge on any atom is -0.467 e. The van der Waals surface area contributed by atoms with E-state index in [0.29, 0.717) is 6.54 Å². The lowest BCUT2D eigenvalue weighted by Gasteiger charge is -2.26. The highest BCUT2D eigenvalue weighted by Gasteiger charge is 2.41. The van der Waals surface area contributed by atoms with Gasteiger partial charge in [0.15, 0.2) is 5.11 Å². The topological polar surface area (TPSA) is 41.3 Å². The van der Waals surface area contributed by atoms with Crippen molar-refractivity contribution in [3.63, 3.8) is 0 Å². The normalized spacial score (nSPS) is 20.4. The molecule has 4 nitrogen and oxygen atoms in total. The molecule has 1 saturated heterocycles. The smallest absolute Gasteiger partial charge is 0.170 e. The highest BCUT2D eigenvalue weighted by molar-refractivity contribution is 7.80. The fourth-order valence-corrected chi connectivity index (χ4v) is 4.50. The van der Waals surface area contributed by atoms with Crippen LogP contribution in [0.3, 0.4) is 0 Å². The Bertz CT molecular complexity index is 829. The molecule has 0 amide bonds. The van der Waals surface area contributed by atoms with E-state index in [1.54, 1.807) is 17.6 Å². The van der Waals surface area contributed by atoms with Gasteiger partial charge in [-0.25, -0.2) is 0 Å². The third-order valence-corrected chi connectivity index (χ3v) is 5.72. The number of aryl methyl sites for hydroxylation is 1. The number of nitrogens with zero attached hydrogens (tertiary/aromatic N) is 2. The van der Waals surface area contributed by atoms with Gasteiger partial charge >= 0.3 is 0 Å². The molecule has 4 rings (SSSR count). The van der Waals surface area contributed by atoms with Gasteiger partial charge in [0.1, 0.15) is 5.76 Å². The maximum absolute atomic E-state index is 5.63. The molecule has 2 atom stereocenters. The number of aromatic nitrogens is 1. The first kappa shape index (κ1) is 15.4. The second-order valence-corrected chi connectivity index (χ2v) is 7.14. The zero-order chi connectivity index (χ0) is 16.5. The quantitative estimate of drug-likeness (QED) is 0.710. The molecule has 4 heterocycles. The molecule has 0 aromatic carbocycles. The van der Waals surface area contributed by atoms with E-state index in [0.717, 1.165) is 16.6 Å². The third-order valence-electron chi connectivity index (χ3n) is 4.27. The molecule has 1 aliphatic heterocycles. The number of rotatable bonds is 4. The summed E-state index contributed by atoms with van der Waals surface area (Å²) < 4.78 is 5.54. The lowest BCUT2D eigenvalue weighted by molar-refractivity contribution is 0.290. The van der Waals surface area contributed by atoms with Crippen molar-refractivity contribution in [3.05, 3.63) is 76.1 Å². The number of hydrogen-bond donors (Lipinski definition) is 1. The van der Waals surface area contributed by atoms with Crippen LogP contribution in [0.25, 0.3) is 0 Å². The van der Waals surface area contributed by atoms with E-state index < -0.39 is 0 Å². The molecule has 0 aliphatic carbocycles. The van der Waals surface area contributed by atoms with Gasteiger partial charge in [-0.05, 0) is 60.4 Å². The zero-order valence-electron chi connectivity index (χ0n) is 13.2. The average Bonchev–Trinajstić information content (AvgIpc) is 3.31. The van der Waals surface area contributed by atoms with Crippen molar-refractivity contribution in [1.29, 1.82) is 0 Å². The fourth-order valence-electron chi connectivity index (χ4n) is 3.12. The maximum Gasteiger partial charge on any atom is 0.170 e. The number of hydrogen-bond acceptors (Lipinski definition) is 4. The number of thiocarbonyl (C=S) groups is 1. The van der Waals surface area contributed by atoms with Crippen LogP contribution < -0.4 is 5.32 Å². The van der Waals surface area contributed by atoms with Crippen molar-refractivity contribution in [2.24, 2.45) is 0 Å². The molecule has 0 bridgehead atoms. The summed E-state index contributed by atoms with van der Waals surface area (Å²) in [5.41, 5.74) is 2.28. The van der Waals surface area contributed by atoms with Crippen LogP contribution in [0.4, 0.5) is 0 Å². The number of thiophene rings is 1. The standard InChI is InChI=1S/C18H17N3OS2/c1-12-7-10-24-17(12)16-15(14-6-2-3-8-19-14)20-18(23)21(16)11-13-5-4-9-22-13/h2-10,15-16H,11H2,1H3,(H,20,23). The third kappa shape index (κ3) is 2.72. The molecular formula is C18H17N3OS2. The summed E-state index contributed by atoms with van der Waals surface area (Å²) in [6.07, 6.45) is 3.52. The van der Waals surface area contributed by atoms with Crippen LogP contribution >= 0.6 is 23.6 Å². The largest absolute Gasteiger partial charge is 0.467 e.